The number of carbonyl (C=O) groups is 1. The van der Waals surface area contributed by atoms with Gasteiger partial charge in [-0.1, -0.05) is 25.1 Å². The van der Waals surface area contributed by atoms with Crippen molar-refractivity contribution < 1.29 is 18.0 Å². The molecule has 1 fully saturated rings. The number of alkyl halides is 3. The van der Waals surface area contributed by atoms with Crippen molar-refractivity contribution in [3.63, 3.8) is 0 Å². The molecule has 0 aliphatic carbocycles. The van der Waals surface area contributed by atoms with Gasteiger partial charge in [0.15, 0.2) is 0 Å². The molecule has 1 saturated heterocycles. The van der Waals surface area contributed by atoms with Gasteiger partial charge >= 0.3 is 6.18 Å². The molecule has 0 saturated carbocycles. The van der Waals surface area contributed by atoms with Crippen molar-refractivity contribution in [2.24, 2.45) is 0 Å². The first-order chi connectivity index (χ1) is 12.9. The van der Waals surface area contributed by atoms with E-state index in [0.717, 1.165) is 29.8 Å². The van der Waals surface area contributed by atoms with Gasteiger partial charge in [-0.2, -0.15) is 13.2 Å². The number of benzene rings is 1. The lowest BCUT2D eigenvalue weighted by Gasteiger charge is -2.37. The zero-order valence-corrected chi connectivity index (χ0v) is 15.0. The van der Waals surface area contributed by atoms with E-state index in [1.165, 1.54) is 12.1 Å². The lowest BCUT2D eigenvalue weighted by molar-refractivity contribution is -0.138. The van der Waals surface area contributed by atoms with Crippen LogP contribution in [0, 0.1) is 0 Å². The predicted molar refractivity (Wildman–Crippen MR) is 96.0 cm³/mol. The fourth-order valence-electron chi connectivity index (χ4n) is 3.37. The molecule has 2 aromatic rings. The minimum atomic E-state index is -4.35. The van der Waals surface area contributed by atoms with Crippen LogP contribution in [0.25, 0.3) is 0 Å². The number of aromatic nitrogens is 1. The Balaban J connectivity index is 1.69. The topological polar surface area (TPSA) is 45.2 Å². The van der Waals surface area contributed by atoms with Gasteiger partial charge in [-0.05, 0) is 35.2 Å². The Labute approximate surface area is 156 Å². The molecule has 1 aliphatic heterocycles. The number of hydrogen-bond acceptors (Lipinski definition) is 3. The van der Waals surface area contributed by atoms with Crippen molar-refractivity contribution in [3.05, 3.63) is 65.5 Å². The highest BCUT2D eigenvalue weighted by Crippen LogP contribution is 2.31. The normalized spacial score (nSPS) is 19.0. The molecule has 1 aliphatic rings. The lowest BCUT2D eigenvalue weighted by atomic mass is 9.95. The van der Waals surface area contributed by atoms with Gasteiger partial charge in [-0.25, -0.2) is 0 Å². The van der Waals surface area contributed by atoms with E-state index in [9.17, 15) is 18.0 Å². The smallest absolute Gasteiger partial charge is 0.333 e. The number of nitrogens with one attached hydrogen (secondary N) is 1. The number of carbonyl (C=O) groups excluding carboxylic acids is 1. The van der Waals surface area contributed by atoms with E-state index in [2.05, 4.69) is 10.3 Å². The van der Waals surface area contributed by atoms with Gasteiger partial charge in [0.2, 0.25) is 5.91 Å². The number of hydrogen-bond donors (Lipinski definition) is 1. The largest absolute Gasteiger partial charge is 0.416 e. The van der Waals surface area contributed by atoms with E-state index in [1.54, 1.807) is 12.4 Å². The standard InChI is InChI=1S/C20H22F3N3O/c1-14(15-4-6-17(7-5-15)20(21,22)23)11-19(27)26-10-9-25-13-18(26)16-3-2-8-24-12-16/h2-8,12,14,18,25H,9-11,13H2,1H3. The van der Waals surface area contributed by atoms with Crippen molar-refractivity contribution in [1.29, 1.82) is 0 Å². The summed E-state index contributed by atoms with van der Waals surface area (Å²) in [7, 11) is 0. The quantitative estimate of drug-likeness (QED) is 0.882. The minimum Gasteiger partial charge on any atom is -0.333 e. The van der Waals surface area contributed by atoms with E-state index in [1.807, 2.05) is 24.0 Å². The summed E-state index contributed by atoms with van der Waals surface area (Å²) < 4.78 is 38.1. The number of nitrogens with zero attached hydrogens (tertiary/aromatic N) is 2. The fraction of sp³-hybridized carbons (Fsp3) is 0.400. The van der Waals surface area contributed by atoms with E-state index < -0.39 is 11.7 Å². The third kappa shape index (κ3) is 4.66. The van der Waals surface area contributed by atoms with Crippen molar-refractivity contribution >= 4 is 5.91 Å². The molecule has 1 aromatic carbocycles. The Morgan fingerprint density at radius 1 is 1.30 bits per heavy atom. The second-order valence-electron chi connectivity index (χ2n) is 6.82. The molecule has 2 unspecified atom stereocenters. The van der Waals surface area contributed by atoms with Gasteiger partial charge < -0.3 is 10.2 Å². The van der Waals surface area contributed by atoms with Crippen LogP contribution < -0.4 is 5.32 Å². The summed E-state index contributed by atoms with van der Waals surface area (Å²) in [5.74, 6) is -0.165. The van der Waals surface area contributed by atoms with Crippen molar-refractivity contribution in [2.75, 3.05) is 19.6 Å². The third-order valence-corrected chi connectivity index (χ3v) is 4.92. The number of pyridine rings is 1. The first-order valence-electron chi connectivity index (χ1n) is 8.93. The average Bonchev–Trinajstić information content (AvgIpc) is 2.68. The van der Waals surface area contributed by atoms with Crippen LogP contribution in [0.1, 0.15) is 42.0 Å². The van der Waals surface area contributed by atoms with Gasteiger partial charge in [0.1, 0.15) is 0 Å². The first kappa shape index (κ1) is 19.4. The van der Waals surface area contributed by atoms with E-state index in [0.29, 0.717) is 13.1 Å². The summed E-state index contributed by atoms with van der Waals surface area (Å²) in [5.41, 5.74) is 1.02. The van der Waals surface area contributed by atoms with Crippen LogP contribution >= 0.6 is 0 Å². The summed E-state index contributed by atoms with van der Waals surface area (Å²) in [4.78, 5) is 18.9. The Morgan fingerprint density at radius 2 is 2.04 bits per heavy atom. The molecule has 0 radical (unpaired) electrons. The molecule has 1 aromatic heterocycles. The van der Waals surface area contributed by atoms with Crippen LogP contribution in [0.3, 0.4) is 0 Å². The Hall–Kier alpha value is -2.41. The number of amides is 1. The molecule has 144 valence electrons. The highest BCUT2D eigenvalue weighted by molar-refractivity contribution is 5.77. The lowest BCUT2D eigenvalue weighted by Crippen LogP contribution is -2.48. The Morgan fingerprint density at radius 3 is 2.67 bits per heavy atom. The second-order valence-corrected chi connectivity index (χ2v) is 6.82. The molecule has 0 bridgehead atoms. The maximum atomic E-state index is 12.9. The van der Waals surface area contributed by atoms with E-state index in [-0.39, 0.29) is 24.3 Å². The van der Waals surface area contributed by atoms with E-state index >= 15 is 0 Å². The number of halogens is 3. The summed E-state index contributed by atoms with van der Waals surface area (Å²) in [5, 5.41) is 3.30. The van der Waals surface area contributed by atoms with Gasteiger partial charge in [0.25, 0.3) is 0 Å². The molecule has 3 rings (SSSR count). The number of rotatable bonds is 4. The Bertz CT molecular complexity index is 762. The van der Waals surface area contributed by atoms with Crippen LogP contribution in [0.4, 0.5) is 13.2 Å². The molecule has 1 N–H and O–H groups in total. The molecule has 2 heterocycles. The average molecular weight is 377 g/mol. The molecule has 1 amide bonds. The van der Waals surface area contributed by atoms with Crippen molar-refractivity contribution in [1.82, 2.24) is 15.2 Å². The zero-order valence-electron chi connectivity index (χ0n) is 15.0. The van der Waals surface area contributed by atoms with Crippen molar-refractivity contribution in [3.8, 4) is 0 Å². The van der Waals surface area contributed by atoms with Gasteiger partial charge in [-0.3, -0.25) is 9.78 Å². The first-order valence-corrected chi connectivity index (χ1v) is 8.93. The molecule has 4 nitrogen and oxygen atoms in total. The SMILES string of the molecule is CC(CC(=O)N1CCNCC1c1cccnc1)c1ccc(C(F)(F)F)cc1. The maximum Gasteiger partial charge on any atom is 0.416 e. The predicted octanol–water partition coefficient (Wildman–Crippen LogP) is 3.77. The summed E-state index contributed by atoms with van der Waals surface area (Å²) in [6.45, 7) is 3.84. The third-order valence-electron chi connectivity index (χ3n) is 4.92. The van der Waals surface area contributed by atoms with E-state index in [4.69, 9.17) is 0 Å². The monoisotopic (exact) mass is 377 g/mol. The summed E-state index contributed by atoms with van der Waals surface area (Å²) >= 11 is 0. The van der Waals surface area contributed by atoms with Crippen LogP contribution in [0.2, 0.25) is 0 Å². The van der Waals surface area contributed by atoms with Crippen LogP contribution in [-0.2, 0) is 11.0 Å². The number of piperazine rings is 1. The van der Waals surface area contributed by atoms with Crippen LogP contribution in [-0.4, -0.2) is 35.4 Å². The van der Waals surface area contributed by atoms with Gasteiger partial charge in [0, 0.05) is 38.4 Å². The highest BCUT2D eigenvalue weighted by Gasteiger charge is 2.31. The zero-order chi connectivity index (χ0) is 19.4. The maximum absolute atomic E-state index is 12.9. The highest BCUT2D eigenvalue weighted by atomic mass is 19.4. The van der Waals surface area contributed by atoms with Gasteiger partial charge in [-0.15, -0.1) is 0 Å². The van der Waals surface area contributed by atoms with Crippen LogP contribution in [0.15, 0.2) is 48.8 Å². The fourth-order valence-corrected chi connectivity index (χ4v) is 3.37. The minimum absolute atomic E-state index is 0.00208. The molecule has 2 atom stereocenters. The summed E-state index contributed by atoms with van der Waals surface area (Å²) in [6, 6.07) is 8.76. The van der Waals surface area contributed by atoms with Crippen molar-refractivity contribution in [2.45, 2.75) is 31.5 Å². The second kappa shape index (κ2) is 8.08. The molecule has 7 heteroatoms. The molecular weight excluding hydrogens is 355 g/mol. The molecule has 0 spiro atoms. The Kier molecular flexibility index (Phi) is 5.79. The van der Waals surface area contributed by atoms with Crippen LogP contribution in [0.5, 0.6) is 0 Å². The molecule has 27 heavy (non-hydrogen) atoms. The molecular formula is C20H22F3N3O. The van der Waals surface area contributed by atoms with Gasteiger partial charge in [0.05, 0.1) is 11.6 Å². The summed E-state index contributed by atoms with van der Waals surface area (Å²) in [6.07, 6.45) is -0.646.